The highest BCUT2D eigenvalue weighted by Gasteiger charge is 2.24. The summed E-state index contributed by atoms with van der Waals surface area (Å²) in [7, 11) is 0. The smallest absolute Gasteiger partial charge is 0.145 e. The van der Waals surface area contributed by atoms with E-state index in [2.05, 4.69) is 394 Å². The summed E-state index contributed by atoms with van der Waals surface area (Å²) >= 11 is 0. The summed E-state index contributed by atoms with van der Waals surface area (Å²) in [6, 6.07) is 141. The summed E-state index contributed by atoms with van der Waals surface area (Å²) in [5.41, 5.74) is 27.2. The maximum absolute atomic E-state index is 6.71. The van der Waals surface area contributed by atoms with Crippen molar-refractivity contribution in [2.45, 2.75) is 0 Å². The molecule has 6 nitrogen and oxygen atoms in total. The normalized spacial score (nSPS) is 12.0. The predicted molar refractivity (Wildman–Crippen MR) is 462 cm³/mol. The van der Waals surface area contributed by atoms with Crippen molar-refractivity contribution in [1.82, 2.24) is 18.3 Å². The highest BCUT2D eigenvalue weighted by atomic mass is 16.3. The van der Waals surface area contributed by atoms with Crippen molar-refractivity contribution in [3.63, 3.8) is 0 Å². The summed E-state index contributed by atoms with van der Waals surface area (Å²) < 4.78 is 22.7. The van der Waals surface area contributed by atoms with Crippen LogP contribution in [0.3, 0.4) is 0 Å². The zero-order valence-corrected chi connectivity index (χ0v) is 59.6. The number of hydrogen-bond acceptors (Lipinski definition) is 2. The molecule has 0 amide bonds. The van der Waals surface area contributed by atoms with E-state index in [0.29, 0.717) is 0 Å². The first kappa shape index (κ1) is 61.6. The third-order valence-corrected chi connectivity index (χ3v) is 23.0. The van der Waals surface area contributed by atoms with Crippen LogP contribution in [-0.2, 0) is 0 Å². The van der Waals surface area contributed by atoms with E-state index >= 15 is 0 Å². The van der Waals surface area contributed by atoms with Gasteiger partial charge in [0, 0.05) is 82.0 Å². The van der Waals surface area contributed by atoms with E-state index in [9.17, 15) is 0 Å². The third kappa shape index (κ3) is 9.62. The predicted octanol–water partition coefficient (Wildman–Crippen LogP) is 28.5. The second-order valence-electron chi connectivity index (χ2n) is 29.1. The molecule has 0 saturated carbocycles. The number of para-hydroxylation sites is 4. The molecule has 6 aromatic heterocycles. The van der Waals surface area contributed by atoms with Crippen LogP contribution in [0.25, 0.3) is 220 Å². The largest absolute Gasteiger partial charge is 0.456 e. The second kappa shape index (κ2) is 24.4. The highest BCUT2D eigenvalue weighted by Crippen LogP contribution is 2.47. The van der Waals surface area contributed by atoms with Crippen LogP contribution in [0.5, 0.6) is 0 Å². The lowest BCUT2D eigenvalue weighted by Gasteiger charge is -2.11. The Balaban J connectivity index is 0.000000132. The van der Waals surface area contributed by atoms with Crippen LogP contribution in [0, 0.1) is 0 Å². The maximum Gasteiger partial charge on any atom is 0.145 e. The molecule has 110 heavy (non-hydrogen) atoms. The Morgan fingerprint density at radius 1 is 0.155 bits per heavy atom. The van der Waals surface area contributed by atoms with Gasteiger partial charge >= 0.3 is 0 Å². The van der Waals surface area contributed by atoms with Gasteiger partial charge in [-0.15, -0.1) is 0 Å². The molecule has 0 atom stereocenters. The summed E-state index contributed by atoms with van der Waals surface area (Å²) in [6.07, 6.45) is 0. The number of rotatable bonds is 8. The first-order valence-corrected chi connectivity index (χ1v) is 37.7. The summed E-state index contributed by atoms with van der Waals surface area (Å²) in [4.78, 5) is 0. The maximum atomic E-state index is 6.71. The van der Waals surface area contributed by atoms with E-state index in [0.717, 1.165) is 83.0 Å². The fourth-order valence-corrected chi connectivity index (χ4v) is 17.9. The molecule has 0 saturated heterocycles. The fourth-order valence-electron chi connectivity index (χ4n) is 17.9. The molecule has 0 bridgehead atoms. The molecule has 6 heteroatoms. The number of nitrogens with zero attached hydrogens (tertiary/aromatic N) is 4. The molecular formula is C104H64N4O2. The zero-order valence-electron chi connectivity index (χ0n) is 59.6. The van der Waals surface area contributed by atoms with Crippen LogP contribution in [0.15, 0.2) is 397 Å². The Kier molecular flexibility index (Phi) is 13.7. The van der Waals surface area contributed by atoms with Gasteiger partial charge in [-0.3, -0.25) is 0 Å². The molecular weight excluding hydrogens is 1340 g/mol. The van der Waals surface area contributed by atoms with Gasteiger partial charge in [0.2, 0.25) is 0 Å². The number of furan rings is 2. The van der Waals surface area contributed by atoms with Crippen molar-refractivity contribution in [2.24, 2.45) is 0 Å². The topological polar surface area (TPSA) is 46.0 Å². The number of benzene rings is 18. The van der Waals surface area contributed by atoms with E-state index in [-0.39, 0.29) is 0 Å². The van der Waals surface area contributed by atoms with E-state index < -0.39 is 0 Å². The van der Waals surface area contributed by atoms with Crippen LogP contribution >= 0.6 is 0 Å². The monoisotopic (exact) mass is 1400 g/mol. The molecule has 0 aliphatic rings. The van der Waals surface area contributed by atoms with Crippen LogP contribution in [-0.4, -0.2) is 18.3 Å². The Hall–Kier alpha value is -14.7. The van der Waals surface area contributed by atoms with Crippen molar-refractivity contribution in [3.8, 4) is 67.3 Å². The standard InChI is InChI=1S/2C52H32N2O/c1-2-10-33(11-3-1)35-18-23-39(24-19-35)53-46-16-8-6-14-41(46)44-31-37(21-27-47(44)53)38-22-28-48-45(32-38)51-49(29-26-43-42-15-7-9-17-50(42)55-52(43)51)54(48)40-25-20-34-12-4-5-13-36(34)30-40;1-2-10-33(11-3-1)35-18-23-39(24-19-35)53-45-16-8-6-14-41(45)43-31-37(21-26-46(43)53)38-22-27-47-44(32-38)51-48(28-29-50-52(51)42-15-7-9-17-49(42)55-50)54(47)40-25-20-34-12-4-5-13-36(34)30-40/h2*1-32H. The van der Waals surface area contributed by atoms with E-state index in [1.165, 1.54) is 137 Å². The van der Waals surface area contributed by atoms with Gasteiger partial charge in [0.1, 0.15) is 22.3 Å². The van der Waals surface area contributed by atoms with Crippen LogP contribution in [0.4, 0.5) is 0 Å². The highest BCUT2D eigenvalue weighted by molar-refractivity contribution is 6.29. The number of aromatic nitrogens is 4. The minimum Gasteiger partial charge on any atom is -0.456 e. The molecule has 24 aromatic rings. The molecule has 0 aliphatic heterocycles. The molecule has 0 fully saturated rings. The average Bonchev–Trinajstić information content (AvgIpc) is 1.26. The van der Waals surface area contributed by atoms with Crippen LogP contribution in [0.1, 0.15) is 0 Å². The molecule has 18 aromatic carbocycles. The van der Waals surface area contributed by atoms with E-state index in [1.54, 1.807) is 0 Å². The molecule has 0 unspecified atom stereocenters. The van der Waals surface area contributed by atoms with Gasteiger partial charge in [0.05, 0.1) is 49.5 Å². The minimum atomic E-state index is 0.905. The SMILES string of the molecule is c1ccc(-c2ccc(-n3c4ccccc4c4cc(-c5ccc6c(c5)c5c7c(ccc5n6-c5ccc6ccccc6c5)oc5ccccc57)ccc43)cc2)cc1.c1ccc(-c2ccc(-n3c4ccccc4c4cc(-c5ccc6c(c5)c5c7oc8ccccc8c7ccc5n6-c5ccc6ccccc6c5)ccc43)cc2)cc1. The lowest BCUT2D eigenvalue weighted by atomic mass is 9.99. The van der Waals surface area contributed by atoms with Gasteiger partial charge in [-0.2, -0.15) is 0 Å². The molecule has 24 rings (SSSR count). The lowest BCUT2D eigenvalue weighted by Crippen LogP contribution is -1.94. The number of fused-ring (bicyclic) bond motifs is 22. The first-order valence-electron chi connectivity index (χ1n) is 37.7. The molecule has 0 aliphatic carbocycles. The van der Waals surface area contributed by atoms with Gasteiger partial charge in [-0.25, -0.2) is 0 Å². The lowest BCUT2D eigenvalue weighted by molar-refractivity contribution is 0.669. The molecule has 0 N–H and O–H groups in total. The average molecular weight is 1400 g/mol. The summed E-state index contributed by atoms with van der Waals surface area (Å²) in [6.45, 7) is 0. The van der Waals surface area contributed by atoms with Gasteiger partial charge < -0.3 is 27.1 Å². The summed E-state index contributed by atoms with van der Waals surface area (Å²) in [5.74, 6) is 0. The van der Waals surface area contributed by atoms with Crippen molar-refractivity contribution in [2.75, 3.05) is 0 Å². The van der Waals surface area contributed by atoms with Crippen molar-refractivity contribution in [1.29, 1.82) is 0 Å². The van der Waals surface area contributed by atoms with Gasteiger partial charge in [-0.05, 0) is 212 Å². The molecule has 0 spiro atoms. The molecule has 6 heterocycles. The third-order valence-electron chi connectivity index (χ3n) is 23.0. The van der Waals surface area contributed by atoms with Gasteiger partial charge in [0.15, 0.2) is 0 Å². The molecule has 0 radical (unpaired) electrons. The second-order valence-corrected chi connectivity index (χ2v) is 29.1. The zero-order chi connectivity index (χ0) is 72.1. The van der Waals surface area contributed by atoms with E-state index in [4.69, 9.17) is 8.83 Å². The van der Waals surface area contributed by atoms with Crippen molar-refractivity contribution in [3.05, 3.63) is 388 Å². The first-order chi connectivity index (χ1) is 54.5. The van der Waals surface area contributed by atoms with Crippen molar-refractivity contribution < 1.29 is 8.83 Å². The van der Waals surface area contributed by atoms with E-state index in [1.807, 2.05) is 12.1 Å². The fraction of sp³-hybridized carbons (Fsp3) is 0. The van der Waals surface area contributed by atoms with Crippen LogP contribution in [0.2, 0.25) is 0 Å². The molecule has 512 valence electrons. The Morgan fingerprint density at radius 2 is 0.500 bits per heavy atom. The quantitative estimate of drug-likeness (QED) is 0.152. The van der Waals surface area contributed by atoms with Crippen LogP contribution < -0.4 is 0 Å². The Labute approximate surface area is 631 Å². The van der Waals surface area contributed by atoms with Gasteiger partial charge in [-0.1, -0.05) is 243 Å². The van der Waals surface area contributed by atoms with Crippen molar-refractivity contribution >= 4 is 153 Å². The summed E-state index contributed by atoms with van der Waals surface area (Å²) in [5, 5.41) is 19.2. The van der Waals surface area contributed by atoms with Gasteiger partial charge in [0.25, 0.3) is 0 Å². The minimum absolute atomic E-state index is 0.905. The Morgan fingerprint density at radius 3 is 1.02 bits per heavy atom. The number of hydrogen-bond donors (Lipinski definition) is 0. The Bertz CT molecular complexity index is 7870.